The van der Waals surface area contributed by atoms with Crippen molar-refractivity contribution in [2.45, 2.75) is 59.1 Å². The Morgan fingerprint density at radius 3 is 2.35 bits per heavy atom. The van der Waals surface area contributed by atoms with Crippen molar-refractivity contribution in [1.82, 2.24) is 10.3 Å². The Morgan fingerprint density at radius 1 is 1.09 bits per heavy atom. The smallest absolute Gasteiger partial charge is 0.329 e. The molecule has 1 aromatic carbocycles. The van der Waals surface area contributed by atoms with Gasteiger partial charge in [0.25, 0.3) is 5.91 Å². The highest BCUT2D eigenvalue weighted by Crippen LogP contribution is 2.35. The van der Waals surface area contributed by atoms with Crippen molar-refractivity contribution in [2.24, 2.45) is 5.92 Å². The first-order chi connectivity index (χ1) is 16.0. The van der Waals surface area contributed by atoms with E-state index in [1.54, 1.807) is 0 Å². The number of halogens is 1. The number of carbonyl (C=O) groups is 3. The molecule has 2 rings (SSSR count). The highest BCUT2D eigenvalue weighted by molar-refractivity contribution is 6.20. The molecule has 0 radical (unpaired) electrons. The summed E-state index contributed by atoms with van der Waals surface area (Å²) in [4.78, 5) is 41.0. The molecule has 1 amide bonds. The van der Waals surface area contributed by atoms with Crippen molar-refractivity contribution in [2.75, 3.05) is 7.11 Å². The maximum atomic E-state index is 12.8. The van der Waals surface area contributed by atoms with E-state index in [-0.39, 0.29) is 29.0 Å². The SMILES string of the molecule is COc1ccnc(C(=O)N[C@@H](C)C(=O)O[C@@H](Cl)[C@H](c2cc(C)ccc2C)C(C)C)c1OC(C)=O. The molecule has 0 aliphatic rings. The summed E-state index contributed by atoms with van der Waals surface area (Å²) in [6.07, 6.45) is 1.33. The minimum Gasteiger partial charge on any atom is -0.493 e. The Kier molecular flexibility index (Phi) is 9.44. The first-order valence-corrected chi connectivity index (χ1v) is 11.3. The standard InChI is InChI=1S/C25H31ClN2O6/c1-13(2)20(18-12-14(3)8-9-15(18)4)23(26)34-25(31)16(5)28-24(30)21-22(33-17(6)29)19(32-7)10-11-27-21/h8-13,16,20,23H,1-7H3,(H,28,30)/t16-,20-,23+/m0/s1. The zero-order chi connectivity index (χ0) is 25.6. The Morgan fingerprint density at radius 2 is 1.76 bits per heavy atom. The molecule has 0 saturated heterocycles. The second-order valence-corrected chi connectivity index (χ2v) is 8.83. The summed E-state index contributed by atoms with van der Waals surface area (Å²) in [6, 6.07) is 6.47. The van der Waals surface area contributed by atoms with Gasteiger partial charge in [0, 0.05) is 25.1 Å². The highest BCUT2D eigenvalue weighted by Gasteiger charge is 2.31. The van der Waals surface area contributed by atoms with Crippen molar-refractivity contribution in [3.05, 3.63) is 52.8 Å². The number of amides is 1. The lowest BCUT2D eigenvalue weighted by atomic mass is 9.85. The molecule has 1 aromatic heterocycles. The van der Waals surface area contributed by atoms with Crippen molar-refractivity contribution in [3.8, 4) is 11.5 Å². The molecular weight excluding hydrogens is 460 g/mol. The minimum absolute atomic E-state index is 0.0907. The van der Waals surface area contributed by atoms with Crippen LogP contribution >= 0.6 is 11.6 Å². The molecule has 0 aliphatic carbocycles. The van der Waals surface area contributed by atoms with Gasteiger partial charge in [-0.2, -0.15) is 0 Å². The summed E-state index contributed by atoms with van der Waals surface area (Å²) in [5.41, 5.74) is 1.99. The van der Waals surface area contributed by atoms with Gasteiger partial charge in [-0.1, -0.05) is 49.2 Å². The number of aromatic nitrogens is 1. The number of methoxy groups -OCH3 is 1. The van der Waals surface area contributed by atoms with Crippen LogP contribution in [-0.4, -0.2) is 41.5 Å². The zero-order valence-electron chi connectivity index (χ0n) is 20.5. The van der Waals surface area contributed by atoms with E-state index in [4.69, 9.17) is 25.8 Å². The number of esters is 2. The lowest BCUT2D eigenvalue weighted by Gasteiger charge is -2.28. The summed E-state index contributed by atoms with van der Waals surface area (Å²) in [7, 11) is 1.37. The summed E-state index contributed by atoms with van der Waals surface area (Å²) in [6.45, 7) is 10.6. The Hall–Kier alpha value is -3.13. The Bertz CT molecular complexity index is 1060. The normalized spacial score (nSPS) is 13.6. The second-order valence-electron chi connectivity index (χ2n) is 8.40. The van der Waals surface area contributed by atoms with Crippen LogP contribution in [0.15, 0.2) is 30.5 Å². The van der Waals surface area contributed by atoms with Gasteiger partial charge in [0.05, 0.1) is 7.11 Å². The maximum absolute atomic E-state index is 12.8. The van der Waals surface area contributed by atoms with Crippen molar-refractivity contribution < 1.29 is 28.6 Å². The predicted molar refractivity (Wildman–Crippen MR) is 128 cm³/mol. The molecule has 0 saturated carbocycles. The largest absolute Gasteiger partial charge is 0.493 e. The number of nitrogens with zero attached hydrogens (tertiary/aromatic N) is 1. The number of hydrogen-bond donors (Lipinski definition) is 1. The molecule has 1 N–H and O–H groups in total. The van der Waals surface area contributed by atoms with E-state index >= 15 is 0 Å². The third kappa shape index (κ3) is 6.70. The molecule has 8 nitrogen and oxygen atoms in total. The van der Waals surface area contributed by atoms with Gasteiger partial charge in [0.15, 0.2) is 17.0 Å². The van der Waals surface area contributed by atoms with Crippen molar-refractivity contribution in [3.63, 3.8) is 0 Å². The van der Waals surface area contributed by atoms with E-state index in [1.165, 1.54) is 33.2 Å². The fraction of sp³-hybridized carbons (Fsp3) is 0.440. The molecule has 1 heterocycles. The van der Waals surface area contributed by atoms with Gasteiger partial charge in [-0.25, -0.2) is 9.78 Å². The number of hydrogen-bond acceptors (Lipinski definition) is 7. The van der Waals surface area contributed by atoms with Gasteiger partial charge in [-0.05, 0) is 37.8 Å². The average Bonchev–Trinajstić information content (AvgIpc) is 2.75. The summed E-state index contributed by atoms with van der Waals surface area (Å²) in [5.74, 6) is -2.23. The van der Waals surface area contributed by atoms with Gasteiger partial charge in [-0.15, -0.1) is 0 Å². The van der Waals surface area contributed by atoms with E-state index < -0.39 is 29.5 Å². The fourth-order valence-electron chi connectivity index (χ4n) is 3.53. The molecule has 9 heteroatoms. The lowest BCUT2D eigenvalue weighted by Crippen LogP contribution is -2.41. The second kappa shape index (κ2) is 11.8. The van der Waals surface area contributed by atoms with Crippen molar-refractivity contribution in [1.29, 1.82) is 0 Å². The minimum atomic E-state index is -1.04. The average molecular weight is 491 g/mol. The van der Waals surface area contributed by atoms with Gasteiger partial charge < -0.3 is 19.5 Å². The summed E-state index contributed by atoms with van der Waals surface area (Å²) in [5, 5.41) is 2.51. The fourth-order valence-corrected chi connectivity index (χ4v) is 4.04. The van der Waals surface area contributed by atoms with E-state index in [9.17, 15) is 14.4 Å². The number of ether oxygens (including phenoxy) is 3. The van der Waals surface area contributed by atoms with Crippen LogP contribution in [0.2, 0.25) is 0 Å². The zero-order valence-corrected chi connectivity index (χ0v) is 21.2. The molecule has 0 spiro atoms. The molecule has 0 fully saturated rings. The number of pyridine rings is 1. The van der Waals surface area contributed by atoms with E-state index in [0.717, 1.165) is 16.7 Å². The van der Waals surface area contributed by atoms with Crippen LogP contribution in [0.3, 0.4) is 0 Å². The number of rotatable bonds is 9. The molecular formula is C25H31ClN2O6. The van der Waals surface area contributed by atoms with Crippen LogP contribution in [0.5, 0.6) is 11.5 Å². The van der Waals surface area contributed by atoms with Crippen LogP contribution < -0.4 is 14.8 Å². The van der Waals surface area contributed by atoms with Gasteiger partial charge >= 0.3 is 11.9 Å². The lowest BCUT2D eigenvalue weighted by molar-refractivity contribution is -0.148. The highest BCUT2D eigenvalue weighted by atomic mass is 35.5. The van der Waals surface area contributed by atoms with Crippen LogP contribution in [0.4, 0.5) is 0 Å². The number of benzene rings is 1. The topological polar surface area (TPSA) is 104 Å². The molecule has 184 valence electrons. The molecule has 0 aliphatic heterocycles. The predicted octanol–water partition coefficient (Wildman–Crippen LogP) is 4.30. The van der Waals surface area contributed by atoms with Gasteiger partial charge in [0.2, 0.25) is 5.75 Å². The molecule has 3 atom stereocenters. The van der Waals surface area contributed by atoms with Crippen LogP contribution in [0.1, 0.15) is 60.8 Å². The molecule has 0 unspecified atom stereocenters. The van der Waals surface area contributed by atoms with Crippen LogP contribution in [0.25, 0.3) is 0 Å². The Balaban J connectivity index is 2.17. The third-order valence-corrected chi connectivity index (χ3v) is 5.63. The first kappa shape index (κ1) is 27.1. The summed E-state index contributed by atoms with van der Waals surface area (Å²) >= 11 is 6.57. The van der Waals surface area contributed by atoms with Crippen LogP contribution in [0, 0.1) is 19.8 Å². The Labute approximate surface area is 204 Å². The molecule has 2 aromatic rings. The number of carbonyl (C=O) groups excluding carboxylic acids is 3. The molecule has 34 heavy (non-hydrogen) atoms. The first-order valence-electron chi connectivity index (χ1n) is 10.9. The number of nitrogens with one attached hydrogen (secondary N) is 1. The molecule has 0 bridgehead atoms. The summed E-state index contributed by atoms with van der Waals surface area (Å²) < 4.78 is 15.8. The number of alkyl halides is 1. The van der Waals surface area contributed by atoms with E-state index in [2.05, 4.69) is 10.3 Å². The monoisotopic (exact) mass is 490 g/mol. The quantitative estimate of drug-likeness (QED) is 0.412. The maximum Gasteiger partial charge on any atom is 0.329 e. The van der Waals surface area contributed by atoms with Crippen LogP contribution in [-0.2, 0) is 14.3 Å². The van der Waals surface area contributed by atoms with Crippen molar-refractivity contribution >= 4 is 29.4 Å². The third-order valence-electron chi connectivity index (χ3n) is 5.27. The van der Waals surface area contributed by atoms with Gasteiger partial charge in [-0.3, -0.25) is 9.59 Å². The van der Waals surface area contributed by atoms with Gasteiger partial charge in [0.1, 0.15) is 6.04 Å². The van der Waals surface area contributed by atoms with E-state index in [0.29, 0.717) is 0 Å². The number of aryl methyl sites for hydroxylation is 2. The van der Waals surface area contributed by atoms with E-state index in [1.807, 2.05) is 45.9 Å².